The third-order valence-corrected chi connectivity index (χ3v) is 4.49. The third kappa shape index (κ3) is 4.44. The predicted molar refractivity (Wildman–Crippen MR) is 89.0 cm³/mol. The van der Waals surface area contributed by atoms with Crippen LogP contribution in [0, 0.1) is 6.92 Å². The summed E-state index contributed by atoms with van der Waals surface area (Å²) in [6.07, 6.45) is 1.60. The molecule has 22 heavy (non-hydrogen) atoms. The first-order chi connectivity index (χ1) is 10.4. The summed E-state index contributed by atoms with van der Waals surface area (Å²) in [5.41, 5.74) is 3.22. The Bertz CT molecular complexity index is 727. The van der Waals surface area contributed by atoms with Crippen molar-refractivity contribution < 1.29 is 8.42 Å². The lowest BCUT2D eigenvalue weighted by atomic mass is 10.1. The molecule has 0 unspecified atom stereocenters. The molecular weight excluding hydrogens is 300 g/mol. The molecule has 0 spiro atoms. The largest absolute Gasteiger partial charge is 0.380 e. The Morgan fingerprint density at radius 3 is 2.55 bits per heavy atom. The highest BCUT2D eigenvalue weighted by Gasteiger charge is 2.13. The molecule has 0 aliphatic carbocycles. The van der Waals surface area contributed by atoms with E-state index in [-0.39, 0.29) is 5.82 Å². The molecule has 118 valence electrons. The quantitative estimate of drug-likeness (QED) is 0.856. The van der Waals surface area contributed by atoms with Crippen LogP contribution in [0.5, 0.6) is 0 Å². The van der Waals surface area contributed by atoms with E-state index in [0.717, 1.165) is 9.99 Å². The van der Waals surface area contributed by atoms with Gasteiger partial charge in [0.15, 0.2) is 0 Å². The molecule has 7 heteroatoms. The second kappa shape index (κ2) is 6.76. The highest BCUT2D eigenvalue weighted by atomic mass is 32.2. The van der Waals surface area contributed by atoms with Gasteiger partial charge in [0.2, 0.25) is 0 Å². The number of pyridine rings is 1. The number of benzene rings is 1. The lowest BCUT2D eigenvalue weighted by Gasteiger charge is -2.13. The van der Waals surface area contributed by atoms with Gasteiger partial charge >= 0.3 is 10.2 Å². The zero-order valence-corrected chi connectivity index (χ0v) is 13.7. The Labute approximate surface area is 131 Å². The van der Waals surface area contributed by atoms with E-state index in [1.807, 2.05) is 12.1 Å². The van der Waals surface area contributed by atoms with Crippen molar-refractivity contribution in [3.8, 4) is 0 Å². The molecular formula is C15H20N4O2S. The van der Waals surface area contributed by atoms with Crippen molar-refractivity contribution in [2.75, 3.05) is 24.1 Å². The van der Waals surface area contributed by atoms with Gasteiger partial charge in [0, 0.05) is 20.6 Å². The Morgan fingerprint density at radius 1 is 1.18 bits per heavy atom. The molecule has 0 fully saturated rings. The molecule has 0 aliphatic heterocycles. The van der Waals surface area contributed by atoms with Gasteiger partial charge in [0.05, 0.1) is 11.9 Å². The maximum Gasteiger partial charge on any atom is 0.302 e. The van der Waals surface area contributed by atoms with Crippen LogP contribution in [0.3, 0.4) is 0 Å². The molecule has 0 radical (unpaired) electrons. The van der Waals surface area contributed by atoms with E-state index >= 15 is 0 Å². The number of anilines is 2. The van der Waals surface area contributed by atoms with Crippen molar-refractivity contribution in [1.82, 2.24) is 9.29 Å². The molecule has 0 atom stereocenters. The van der Waals surface area contributed by atoms with E-state index in [4.69, 9.17) is 0 Å². The summed E-state index contributed by atoms with van der Waals surface area (Å²) in [5, 5.41) is 3.25. The summed E-state index contributed by atoms with van der Waals surface area (Å²) < 4.78 is 26.9. The van der Waals surface area contributed by atoms with Crippen molar-refractivity contribution in [2.24, 2.45) is 0 Å². The van der Waals surface area contributed by atoms with Crippen LogP contribution < -0.4 is 10.0 Å². The number of rotatable bonds is 6. The fraction of sp³-hybridized carbons (Fsp3) is 0.267. The van der Waals surface area contributed by atoms with E-state index in [9.17, 15) is 8.42 Å². The predicted octanol–water partition coefficient (Wildman–Crippen LogP) is 2.22. The smallest absolute Gasteiger partial charge is 0.302 e. The Morgan fingerprint density at radius 2 is 1.95 bits per heavy atom. The second-order valence-corrected chi connectivity index (χ2v) is 7.05. The zero-order chi connectivity index (χ0) is 16.2. The van der Waals surface area contributed by atoms with Crippen molar-refractivity contribution >= 4 is 21.7 Å². The number of nitrogens with one attached hydrogen (secondary N) is 2. The zero-order valence-electron chi connectivity index (χ0n) is 12.9. The van der Waals surface area contributed by atoms with Crippen LogP contribution in [0.1, 0.15) is 11.1 Å². The third-order valence-electron chi connectivity index (χ3n) is 3.06. The van der Waals surface area contributed by atoms with Gasteiger partial charge in [-0.05, 0) is 24.6 Å². The lowest BCUT2D eigenvalue weighted by Crippen LogP contribution is -2.29. The van der Waals surface area contributed by atoms with Gasteiger partial charge in [-0.15, -0.1) is 0 Å². The topological polar surface area (TPSA) is 74.3 Å². The monoisotopic (exact) mass is 320 g/mol. The van der Waals surface area contributed by atoms with Crippen molar-refractivity contribution in [2.45, 2.75) is 13.5 Å². The van der Waals surface area contributed by atoms with Gasteiger partial charge in [0.25, 0.3) is 0 Å². The molecule has 0 bridgehead atoms. The highest BCUT2D eigenvalue weighted by molar-refractivity contribution is 7.90. The van der Waals surface area contributed by atoms with Crippen molar-refractivity contribution in [3.05, 3.63) is 53.7 Å². The molecule has 0 saturated carbocycles. The number of nitrogens with zero attached hydrogens (tertiary/aromatic N) is 2. The molecule has 0 saturated heterocycles. The van der Waals surface area contributed by atoms with E-state index < -0.39 is 10.2 Å². The van der Waals surface area contributed by atoms with Crippen molar-refractivity contribution in [1.29, 1.82) is 0 Å². The maximum absolute atomic E-state index is 11.7. The first-order valence-corrected chi connectivity index (χ1v) is 8.26. The minimum absolute atomic E-state index is 0.287. The minimum atomic E-state index is -3.52. The maximum atomic E-state index is 11.7. The Hall–Kier alpha value is -2.12. The number of aromatic nitrogens is 1. The Kier molecular flexibility index (Phi) is 4.99. The highest BCUT2D eigenvalue weighted by Crippen LogP contribution is 2.13. The molecule has 1 heterocycles. The Balaban J connectivity index is 1.98. The average molecular weight is 320 g/mol. The molecule has 0 aliphatic rings. The molecule has 2 aromatic rings. The molecule has 6 nitrogen and oxygen atoms in total. The van der Waals surface area contributed by atoms with Crippen LogP contribution in [-0.4, -0.2) is 31.8 Å². The van der Waals surface area contributed by atoms with Gasteiger partial charge in [-0.1, -0.05) is 29.8 Å². The molecule has 2 rings (SSSR count). The number of hydrogen-bond donors (Lipinski definition) is 2. The standard InChI is InChI=1S/C15H20N4O2S/c1-12-5-4-6-13(9-12)10-16-14-7-8-15(17-11-14)18-22(20,21)19(2)3/h4-9,11,16H,10H2,1-3H3,(H,17,18). The summed E-state index contributed by atoms with van der Waals surface area (Å²) in [7, 11) is -0.607. The summed E-state index contributed by atoms with van der Waals surface area (Å²) in [4.78, 5) is 4.10. The minimum Gasteiger partial charge on any atom is -0.380 e. The van der Waals surface area contributed by atoms with Gasteiger partial charge in [-0.2, -0.15) is 12.7 Å². The second-order valence-electron chi connectivity index (χ2n) is 5.16. The average Bonchev–Trinajstić information content (AvgIpc) is 2.46. The molecule has 1 aromatic carbocycles. The summed E-state index contributed by atoms with van der Waals surface area (Å²) in [6.45, 7) is 2.74. The normalized spacial score (nSPS) is 11.5. The van der Waals surface area contributed by atoms with Crippen LogP contribution >= 0.6 is 0 Å². The fourth-order valence-corrected chi connectivity index (χ4v) is 2.38. The summed E-state index contributed by atoms with van der Waals surface area (Å²) >= 11 is 0. The van der Waals surface area contributed by atoms with Crippen LogP contribution in [0.2, 0.25) is 0 Å². The molecule has 1 aromatic heterocycles. The first kappa shape index (κ1) is 16.3. The van der Waals surface area contributed by atoms with Crippen LogP contribution in [0.4, 0.5) is 11.5 Å². The van der Waals surface area contributed by atoms with E-state index in [2.05, 4.69) is 34.1 Å². The van der Waals surface area contributed by atoms with E-state index in [1.165, 1.54) is 25.2 Å². The fourth-order valence-electron chi connectivity index (χ4n) is 1.81. The van der Waals surface area contributed by atoms with Crippen LogP contribution in [0.25, 0.3) is 0 Å². The van der Waals surface area contributed by atoms with Gasteiger partial charge < -0.3 is 5.32 Å². The lowest BCUT2D eigenvalue weighted by molar-refractivity contribution is 0.526. The van der Waals surface area contributed by atoms with Crippen molar-refractivity contribution in [3.63, 3.8) is 0 Å². The van der Waals surface area contributed by atoms with Gasteiger partial charge in [-0.25, -0.2) is 4.98 Å². The van der Waals surface area contributed by atoms with Gasteiger partial charge in [0.1, 0.15) is 5.82 Å². The molecule has 0 amide bonds. The SMILES string of the molecule is Cc1cccc(CNc2ccc(NS(=O)(=O)N(C)C)nc2)c1. The van der Waals surface area contributed by atoms with E-state index in [1.54, 1.807) is 18.3 Å². The molecule has 2 N–H and O–H groups in total. The first-order valence-electron chi connectivity index (χ1n) is 6.82. The number of hydrogen-bond acceptors (Lipinski definition) is 4. The summed E-state index contributed by atoms with van der Waals surface area (Å²) in [6, 6.07) is 11.6. The van der Waals surface area contributed by atoms with Crippen LogP contribution in [-0.2, 0) is 16.8 Å². The summed E-state index contributed by atoms with van der Waals surface area (Å²) in [5.74, 6) is 0.287. The van der Waals surface area contributed by atoms with Crippen LogP contribution in [0.15, 0.2) is 42.6 Å². The van der Waals surface area contributed by atoms with E-state index in [0.29, 0.717) is 6.54 Å². The van der Waals surface area contributed by atoms with Gasteiger partial charge in [-0.3, -0.25) is 4.72 Å². The number of aryl methyl sites for hydroxylation is 1.